The van der Waals surface area contributed by atoms with Crippen molar-refractivity contribution >= 4 is 15.9 Å². The summed E-state index contributed by atoms with van der Waals surface area (Å²) in [4.78, 5) is 18.6. The Balaban J connectivity index is 1.59. The van der Waals surface area contributed by atoms with Crippen LogP contribution in [-0.2, 0) is 9.84 Å². The van der Waals surface area contributed by atoms with Crippen LogP contribution in [0.15, 0.2) is 53.7 Å². The molecule has 0 bridgehead atoms. The average molecular weight is 373 g/mol. The number of carbonyl (C=O) groups is 1. The fourth-order valence-corrected chi connectivity index (χ4v) is 3.73. The van der Waals surface area contributed by atoms with Crippen molar-refractivity contribution in [1.29, 1.82) is 0 Å². The van der Waals surface area contributed by atoms with Crippen LogP contribution in [0.4, 0.5) is 4.79 Å². The van der Waals surface area contributed by atoms with Crippen LogP contribution in [-0.4, -0.2) is 43.7 Å². The summed E-state index contributed by atoms with van der Waals surface area (Å²) >= 11 is 0. The van der Waals surface area contributed by atoms with E-state index < -0.39 is 9.84 Å². The van der Waals surface area contributed by atoms with Gasteiger partial charge in [-0.2, -0.15) is 0 Å². The van der Waals surface area contributed by atoms with Gasteiger partial charge in [0.05, 0.1) is 10.9 Å². The summed E-state index contributed by atoms with van der Waals surface area (Å²) in [5, 5.41) is 3.04. The summed E-state index contributed by atoms with van der Waals surface area (Å²) in [6, 6.07) is 10.4. The minimum atomic E-state index is -3.22. The first kappa shape index (κ1) is 18.4. The Kier molecular flexibility index (Phi) is 5.27. The van der Waals surface area contributed by atoms with E-state index in [4.69, 9.17) is 0 Å². The average Bonchev–Trinajstić information content (AvgIpc) is 2.59. The zero-order chi connectivity index (χ0) is 18.7. The molecule has 1 aliphatic rings. The van der Waals surface area contributed by atoms with Crippen molar-refractivity contribution in [2.45, 2.75) is 30.2 Å². The van der Waals surface area contributed by atoms with Crippen LogP contribution in [0, 0.1) is 0 Å². The quantitative estimate of drug-likeness (QED) is 0.874. The van der Waals surface area contributed by atoms with Gasteiger partial charge in [0, 0.05) is 37.7 Å². The van der Waals surface area contributed by atoms with Gasteiger partial charge in [0.25, 0.3) is 0 Å². The lowest BCUT2D eigenvalue weighted by molar-refractivity contribution is 0.147. The Labute approximate surface area is 154 Å². The molecular formula is C19H23N3O3S. The standard InChI is InChI=1S/C19H23N3O3S/c1-3-18(15-4-6-17(7-5-15)26(2,24)25)21-19(23)22-12-16(13-22)14-8-10-20-11-9-14/h4-11,16,18H,3,12-13H2,1-2H3,(H,21,23)/t18-/m0/s1. The maximum atomic E-state index is 12.5. The number of sulfone groups is 1. The van der Waals surface area contributed by atoms with E-state index in [0.717, 1.165) is 12.0 Å². The molecule has 1 N–H and O–H groups in total. The fraction of sp³-hybridized carbons (Fsp3) is 0.368. The van der Waals surface area contributed by atoms with Gasteiger partial charge in [0.2, 0.25) is 0 Å². The van der Waals surface area contributed by atoms with Crippen LogP contribution in [0.3, 0.4) is 0 Å². The Bertz CT molecular complexity index is 861. The summed E-state index contributed by atoms with van der Waals surface area (Å²) in [6.45, 7) is 3.38. The van der Waals surface area contributed by atoms with Crippen LogP contribution in [0.5, 0.6) is 0 Å². The lowest BCUT2D eigenvalue weighted by atomic mass is 9.92. The Morgan fingerprint density at radius 1 is 1.19 bits per heavy atom. The van der Waals surface area contributed by atoms with E-state index in [2.05, 4.69) is 10.3 Å². The van der Waals surface area contributed by atoms with Gasteiger partial charge in [0.1, 0.15) is 0 Å². The number of carbonyl (C=O) groups excluding carboxylic acids is 1. The SMILES string of the molecule is CC[C@H](NC(=O)N1CC(c2ccncc2)C1)c1ccc(S(C)(=O)=O)cc1. The van der Waals surface area contributed by atoms with Gasteiger partial charge in [-0.05, 0) is 41.8 Å². The molecule has 6 nitrogen and oxygen atoms in total. The number of nitrogens with one attached hydrogen (secondary N) is 1. The van der Waals surface area contributed by atoms with E-state index in [1.165, 1.54) is 11.8 Å². The van der Waals surface area contributed by atoms with Crippen LogP contribution >= 0.6 is 0 Å². The monoisotopic (exact) mass is 373 g/mol. The Hall–Kier alpha value is -2.41. The third kappa shape index (κ3) is 4.04. The highest BCUT2D eigenvalue weighted by atomic mass is 32.2. The van der Waals surface area contributed by atoms with Crippen molar-refractivity contribution in [3.05, 3.63) is 59.9 Å². The van der Waals surface area contributed by atoms with E-state index in [9.17, 15) is 13.2 Å². The number of aromatic nitrogens is 1. The molecule has 138 valence electrons. The van der Waals surface area contributed by atoms with E-state index in [1.807, 2.05) is 19.1 Å². The second-order valence-electron chi connectivity index (χ2n) is 6.63. The molecule has 1 saturated heterocycles. The lowest BCUT2D eigenvalue weighted by Gasteiger charge is -2.40. The molecule has 2 aromatic rings. The van der Waals surface area contributed by atoms with Crippen LogP contribution in [0.1, 0.15) is 36.4 Å². The van der Waals surface area contributed by atoms with Gasteiger partial charge in [-0.15, -0.1) is 0 Å². The minimum Gasteiger partial charge on any atom is -0.331 e. The fourth-order valence-electron chi connectivity index (χ4n) is 3.10. The van der Waals surface area contributed by atoms with Crippen molar-refractivity contribution in [3.8, 4) is 0 Å². The predicted molar refractivity (Wildman–Crippen MR) is 99.7 cm³/mol. The van der Waals surface area contributed by atoms with Gasteiger partial charge in [0.15, 0.2) is 9.84 Å². The van der Waals surface area contributed by atoms with E-state index >= 15 is 0 Å². The minimum absolute atomic E-state index is 0.0886. The highest BCUT2D eigenvalue weighted by molar-refractivity contribution is 7.90. The van der Waals surface area contributed by atoms with Crippen LogP contribution in [0.2, 0.25) is 0 Å². The number of hydrogen-bond donors (Lipinski definition) is 1. The third-order valence-electron chi connectivity index (χ3n) is 4.76. The first-order valence-corrected chi connectivity index (χ1v) is 10.5. The van der Waals surface area contributed by atoms with Gasteiger partial charge >= 0.3 is 6.03 Å². The lowest BCUT2D eigenvalue weighted by Crippen LogP contribution is -2.53. The summed E-state index contributed by atoms with van der Waals surface area (Å²) in [5.41, 5.74) is 2.10. The molecule has 0 spiro atoms. The molecule has 26 heavy (non-hydrogen) atoms. The van der Waals surface area contributed by atoms with E-state index in [0.29, 0.717) is 19.0 Å². The van der Waals surface area contributed by atoms with Crippen molar-refractivity contribution in [2.24, 2.45) is 0 Å². The molecule has 7 heteroatoms. The second kappa shape index (κ2) is 7.45. The van der Waals surface area contributed by atoms with Gasteiger partial charge < -0.3 is 10.2 Å². The maximum Gasteiger partial charge on any atom is 0.317 e. The zero-order valence-electron chi connectivity index (χ0n) is 14.9. The molecule has 0 unspecified atom stereocenters. The number of nitrogens with zero attached hydrogens (tertiary/aromatic N) is 2. The molecule has 0 radical (unpaired) electrons. The second-order valence-corrected chi connectivity index (χ2v) is 8.65. The van der Waals surface area contributed by atoms with Crippen molar-refractivity contribution in [2.75, 3.05) is 19.3 Å². The topological polar surface area (TPSA) is 79.4 Å². The number of likely N-dealkylation sites (tertiary alicyclic amines) is 1. The van der Waals surface area contributed by atoms with Gasteiger partial charge in [-0.1, -0.05) is 19.1 Å². The van der Waals surface area contributed by atoms with E-state index in [1.54, 1.807) is 41.6 Å². The number of urea groups is 1. The van der Waals surface area contributed by atoms with Gasteiger partial charge in [-0.25, -0.2) is 13.2 Å². The predicted octanol–water partition coefficient (Wildman–Crippen LogP) is 2.75. The summed E-state index contributed by atoms with van der Waals surface area (Å²) in [6.07, 6.45) is 5.45. The van der Waals surface area contributed by atoms with Crippen LogP contribution < -0.4 is 5.32 Å². The van der Waals surface area contributed by atoms with Crippen molar-refractivity contribution < 1.29 is 13.2 Å². The number of amides is 2. The molecule has 2 amide bonds. The van der Waals surface area contributed by atoms with E-state index in [-0.39, 0.29) is 17.0 Å². The molecule has 1 aromatic carbocycles. The smallest absolute Gasteiger partial charge is 0.317 e. The number of benzene rings is 1. The molecule has 1 fully saturated rings. The Morgan fingerprint density at radius 3 is 2.35 bits per heavy atom. The third-order valence-corrected chi connectivity index (χ3v) is 5.89. The molecular weight excluding hydrogens is 350 g/mol. The molecule has 0 saturated carbocycles. The zero-order valence-corrected chi connectivity index (χ0v) is 15.7. The van der Waals surface area contributed by atoms with Crippen LogP contribution in [0.25, 0.3) is 0 Å². The van der Waals surface area contributed by atoms with Crippen molar-refractivity contribution in [1.82, 2.24) is 15.2 Å². The normalized spacial score (nSPS) is 16.0. The molecule has 0 aliphatic carbocycles. The van der Waals surface area contributed by atoms with Crippen molar-refractivity contribution in [3.63, 3.8) is 0 Å². The molecule has 3 rings (SSSR count). The first-order chi connectivity index (χ1) is 12.4. The van der Waals surface area contributed by atoms with Gasteiger partial charge in [-0.3, -0.25) is 4.98 Å². The highest BCUT2D eigenvalue weighted by Crippen LogP contribution is 2.27. The molecule has 1 aromatic heterocycles. The maximum absolute atomic E-state index is 12.5. The summed E-state index contributed by atoms with van der Waals surface area (Å²) in [7, 11) is -3.22. The molecule has 1 aliphatic heterocycles. The summed E-state index contributed by atoms with van der Waals surface area (Å²) in [5.74, 6) is 0.359. The Morgan fingerprint density at radius 2 is 1.81 bits per heavy atom. The molecule has 1 atom stereocenters. The first-order valence-electron chi connectivity index (χ1n) is 8.64. The molecule has 2 heterocycles. The number of hydrogen-bond acceptors (Lipinski definition) is 4. The summed E-state index contributed by atoms with van der Waals surface area (Å²) < 4.78 is 23.1. The largest absolute Gasteiger partial charge is 0.331 e. The number of rotatable bonds is 5. The highest BCUT2D eigenvalue weighted by Gasteiger charge is 2.32. The number of pyridine rings is 1.